The van der Waals surface area contributed by atoms with Crippen LogP contribution in [0.2, 0.25) is 0 Å². The van der Waals surface area contributed by atoms with Crippen molar-refractivity contribution in [3.8, 4) is 11.5 Å². The summed E-state index contributed by atoms with van der Waals surface area (Å²) in [6.45, 7) is 7.95. The van der Waals surface area contributed by atoms with Crippen molar-refractivity contribution in [3.63, 3.8) is 0 Å². The van der Waals surface area contributed by atoms with E-state index >= 15 is 0 Å². The van der Waals surface area contributed by atoms with E-state index in [1.807, 2.05) is 19.1 Å². The number of piperidine rings is 1. The summed E-state index contributed by atoms with van der Waals surface area (Å²) in [5, 5.41) is 9.89. The summed E-state index contributed by atoms with van der Waals surface area (Å²) in [6, 6.07) is 7.20. The topological polar surface area (TPSA) is 90.9 Å². The quantitative estimate of drug-likeness (QED) is 0.748. The van der Waals surface area contributed by atoms with Crippen molar-refractivity contribution in [2.75, 3.05) is 50.9 Å². The van der Waals surface area contributed by atoms with Gasteiger partial charge in [-0.3, -0.25) is 14.7 Å². The Kier molecular flexibility index (Phi) is 6.54. The van der Waals surface area contributed by atoms with Gasteiger partial charge in [-0.25, -0.2) is 4.98 Å². The molecular weight excluding hydrogens is 384 g/mol. The van der Waals surface area contributed by atoms with Crippen LogP contribution in [0.1, 0.15) is 36.9 Å². The van der Waals surface area contributed by atoms with Crippen LogP contribution in [0.3, 0.4) is 0 Å². The molecule has 8 nitrogen and oxygen atoms in total. The molecule has 162 valence electrons. The van der Waals surface area contributed by atoms with Gasteiger partial charge in [0.1, 0.15) is 0 Å². The third-order valence-corrected chi connectivity index (χ3v) is 5.80. The number of rotatable bonds is 6. The highest BCUT2D eigenvalue weighted by Crippen LogP contribution is 2.30. The first-order valence-corrected chi connectivity index (χ1v) is 10.7. The molecule has 4 rings (SSSR count). The number of ether oxygens (including phenoxy) is 2. The Bertz CT molecular complexity index is 902. The van der Waals surface area contributed by atoms with Crippen molar-refractivity contribution in [2.45, 2.75) is 32.2 Å². The van der Waals surface area contributed by atoms with Crippen molar-refractivity contribution in [1.29, 1.82) is 0 Å². The molecule has 0 spiro atoms. The summed E-state index contributed by atoms with van der Waals surface area (Å²) in [7, 11) is 0. The number of nitrogens with one attached hydrogen (secondary N) is 1. The monoisotopic (exact) mass is 414 g/mol. The number of morpholine rings is 1. The van der Waals surface area contributed by atoms with E-state index in [0.29, 0.717) is 37.4 Å². The average Bonchev–Trinajstić information content (AvgIpc) is 2.77. The molecule has 8 heteroatoms. The molecule has 1 aromatic carbocycles. The van der Waals surface area contributed by atoms with Gasteiger partial charge in [0.2, 0.25) is 5.95 Å². The lowest BCUT2D eigenvalue weighted by atomic mass is 9.93. The Hall–Kier alpha value is -2.58. The van der Waals surface area contributed by atoms with E-state index < -0.39 is 0 Å². The third-order valence-electron chi connectivity index (χ3n) is 5.80. The van der Waals surface area contributed by atoms with Gasteiger partial charge in [0.25, 0.3) is 5.56 Å². The smallest absolute Gasteiger partial charge is 0.252 e. The van der Waals surface area contributed by atoms with Gasteiger partial charge in [0.15, 0.2) is 11.5 Å². The predicted octanol–water partition coefficient (Wildman–Crippen LogP) is 2.09. The number of hydrogen-bond acceptors (Lipinski definition) is 7. The number of anilines is 1. The van der Waals surface area contributed by atoms with Crippen molar-refractivity contribution < 1.29 is 14.6 Å². The molecule has 0 saturated carbocycles. The van der Waals surface area contributed by atoms with Gasteiger partial charge in [-0.15, -0.1) is 0 Å². The fourth-order valence-corrected chi connectivity index (χ4v) is 4.17. The van der Waals surface area contributed by atoms with Crippen LogP contribution in [0.4, 0.5) is 5.95 Å². The maximum absolute atomic E-state index is 12.2. The Labute approximate surface area is 176 Å². The molecule has 2 fully saturated rings. The Morgan fingerprint density at radius 2 is 1.97 bits per heavy atom. The van der Waals surface area contributed by atoms with E-state index in [1.165, 1.54) is 0 Å². The number of likely N-dealkylation sites (tertiary alicyclic amines) is 1. The molecule has 1 aromatic heterocycles. The van der Waals surface area contributed by atoms with Gasteiger partial charge >= 0.3 is 0 Å². The zero-order chi connectivity index (χ0) is 20.9. The van der Waals surface area contributed by atoms with Crippen molar-refractivity contribution in [3.05, 3.63) is 45.9 Å². The van der Waals surface area contributed by atoms with Gasteiger partial charge < -0.3 is 19.5 Å². The van der Waals surface area contributed by atoms with E-state index in [1.54, 1.807) is 12.1 Å². The van der Waals surface area contributed by atoms with E-state index in [9.17, 15) is 9.90 Å². The summed E-state index contributed by atoms with van der Waals surface area (Å²) in [4.78, 5) is 24.4. The molecule has 0 atom stereocenters. The molecule has 3 heterocycles. The highest BCUT2D eigenvalue weighted by Gasteiger charge is 2.24. The number of benzene rings is 1. The third kappa shape index (κ3) is 4.94. The minimum Gasteiger partial charge on any atom is -0.504 e. The van der Waals surface area contributed by atoms with Crippen molar-refractivity contribution in [1.82, 2.24) is 14.9 Å². The van der Waals surface area contributed by atoms with Gasteiger partial charge in [-0.2, -0.15) is 0 Å². The second-order valence-corrected chi connectivity index (χ2v) is 7.88. The fourth-order valence-electron chi connectivity index (χ4n) is 4.17. The van der Waals surface area contributed by atoms with E-state index in [2.05, 4.69) is 14.8 Å². The largest absolute Gasteiger partial charge is 0.504 e. The van der Waals surface area contributed by atoms with E-state index in [0.717, 1.165) is 56.8 Å². The molecule has 0 amide bonds. The summed E-state index contributed by atoms with van der Waals surface area (Å²) in [6.07, 6.45) is 1.94. The van der Waals surface area contributed by atoms with Gasteiger partial charge in [0.05, 0.1) is 25.5 Å². The second kappa shape index (κ2) is 9.49. The highest BCUT2D eigenvalue weighted by molar-refractivity contribution is 5.41. The first-order chi connectivity index (χ1) is 14.6. The summed E-state index contributed by atoms with van der Waals surface area (Å²) in [5.41, 5.74) is 1.93. The van der Waals surface area contributed by atoms with Crippen LogP contribution in [0, 0.1) is 0 Å². The first-order valence-electron chi connectivity index (χ1n) is 10.7. The standard InChI is InChI=1S/C22H30N4O4/c1-2-30-20-13-16(3-4-19(20)27)15-25-7-5-17(6-8-25)18-14-21(28)24-22(23-18)26-9-11-29-12-10-26/h3-4,13-14,17,27H,2,5-12,15H2,1H3,(H,23,24,28). The van der Waals surface area contributed by atoms with Gasteiger partial charge in [-0.1, -0.05) is 6.07 Å². The van der Waals surface area contributed by atoms with Crippen LogP contribution < -0.4 is 15.2 Å². The van der Waals surface area contributed by atoms with Crippen LogP contribution in [-0.4, -0.2) is 66.0 Å². The Morgan fingerprint density at radius 1 is 1.20 bits per heavy atom. The maximum Gasteiger partial charge on any atom is 0.252 e. The Morgan fingerprint density at radius 3 is 2.70 bits per heavy atom. The average molecular weight is 415 g/mol. The fraction of sp³-hybridized carbons (Fsp3) is 0.545. The SMILES string of the molecule is CCOc1cc(CN2CCC(c3cc(=O)[nH]c(N4CCOCC4)n3)CC2)ccc1O. The van der Waals surface area contributed by atoms with Gasteiger partial charge in [-0.05, 0) is 50.6 Å². The number of aromatic hydroxyl groups is 1. The van der Waals surface area contributed by atoms with Crippen molar-refractivity contribution >= 4 is 5.95 Å². The number of phenols is 1. The lowest BCUT2D eigenvalue weighted by molar-refractivity contribution is 0.122. The van der Waals surface area contributed by atoms with Crippen LogP contribution in [0.25, 0.3) is 0 Å². The minimum atomic E-state index is -0.0866. The van der Waals surface area contributed by atoms with Crippen LogP contribution >= 0.6 is 0 Å². The molecule has 0 radical (unpaired) electrons. The lowest BCUT2D eigenvalue weighted by Crippen LogP contribution is -2.39. The molecule has 2 aromatic rings. The Balaban J connectivity index is 1.38. The molecule has 0 bridgehead atoms. The molecular formula is C22H30N4O4. The zero-order valence-electron chi connectivity index (χ0n) is 17.5. The number of H-pyrrole nitrogens is 1. The molecule has 2 aliphatic heterocycles. The van der Waals surface area contributed by atoms with E-state index in [-0.39, 0.29) is 11.3 Å². The number of nitrogens with zero attached hydrogens (tertiary/aromatic N) is 3. The van der Waals surface area contributed by atoms with Crippen LogP contribution in [0.15, 0.2) is 29.1 Å². The zero-order valence-corrected chi connectivity index (χ0v) is 17.5. The summed E-state index contributed by atoms with van der Waals surface area (Å²) >= 11 is 0. The van der Waals surface area contributed by atoms with Crippen LogP contribution in [-0.2, 0) is 11.3 Å². The lowest BCUT2D eigenvalue weighted by Gasteiger charge is -2.32. The second-order valence-electron chi connectivity index (χ2n) is 7.88. The number of hydrogen-bond donors (Lipinski definition) is 2. The predicted molar refractivity (Wildman–Crippen MR) is 114 cm³/mol. The maximum atomic E-state index is 12.2. The molecule has 2 saturated heterocycles. The molecule has 2 N–H and O–H groups in total. The highest BCUT2D eigenvalue weighted by atomic mass is 16.5. The minimum absolute atomic E-state index is 0.0866. The normalized spacial score (nSPS) is 18.5. The molecule has 0 unspecified atom stereocenters. The first kappa shape index (κ1) is 20.7. The number of aromatic amines is 1. The summed E-state index contributed by atoms with van der Waals surface area (Å²) < 4.78 is 10.9. The number of aromatic nitrogens is 2. The van der Waals surface area contributed by atoms with Gasteiger partial charge in [0, 0.05) is 31.6 Å². The van der Waals surface area contributed by atoms with Crippen LogP contribution in [0.5, 0.6) is 11.5 Å². The summed E-state index contributed by atoms with van der Waals surface area (Å²) in [5.74, 6) is 1.67. The molecule has 0 aliphatic carbocycles. The molecule has 2 aliphatic rings. The van der Waals surface area contributed by atoms with Crippen molar-refractivity contribution in [2.24, 2.45) is 0 Å². The van der Waals surface area contributed by atoms with E-state index in [4.69, 9.17) is 14.5 Å². The molecule has 30 heavy (non-hydrogen) atoms. The number of phenolic OH excluding ortho intramolecular Hbond substituents is 1.